The number of hydrogen-bond acceptors (Lipinski definition) is 8. The van der Waals surface area contributed by atoms with Gasteiger partial charge in [-0.25, -0.2) is 5.01 Å². The summed E-state index contributed by atoms with van der Waals surface area (Å²) in [6.45, 7) is 6.78. The highest BCUT2D eigenvalue weighted by Crippen LogP contribution is 2.27. The highest BCUT2D eigenvalue weighted by Gasteiger charge is 2.42. The molecule has 1 heterocycles. The Hall–Kier alpha value is -4.91. The van der Waals surface area contributed by atoms with Crippen LogP contribution >= 0.6 is 11.6 Å². The van der Waals surface area contributed by atoms with Gasteiger partial charge in [0.25, 0.3) is 17.7 Å². The number of hydrazine groups is 1. The summed E-state index contributed by atoms with van der Waals surface area (Å²) < 4.78 is 4.95. The summed E-state index contributed by atoms with van der Waals surface area (Å²) in [6, 6.07) is 11.5. The van der Waals surface area contributed by atoms with Gasteiger partial charge in [0.1, 0.15) is 18.6 Å². The quantitative estimate of drug-likeness (QED) is 0.122. The van der Waals surface area contributed by atoms with Crippen molar-refractivity contribution in [2.45, 2.75) is 59.2 Å². The standard InChI is InChI=1S/C33H41ClN6O7/c1-5-47-28(43)20-40(27(42)16-15-26(41)36-19-21-10-7-6-8-11-21)38-31(45)25-12-9-17-39(25)32(46)29(33(2,3)4)37-30(44)22-13-14-24(35)23(34)18-22/h6-8,10-11,13-16,18,25,29H,5,9,12,17,19-20,35H2,1-4H3,(H,36,41)(H,37,44)(H,38,45)/b16-15+/t25-,29-/m1/s1. The summed E-state index contributed by atoms with van der Waals surface area (Å²) in [6.07, 6.45) is 2.67. The molecule has 2 aromatic carbocycles. The van der Waals surface area contributed by atoms with Crippen LogP contribution in [-0.4, -0.2) is 77.2 Å². The Labute approximate surface area is 278 Å². The fourth-order valence-electron chi connectivity index (χ4n) is 4.80. The second-order valence-electron chi connectivity index (χ2n) is 11.9. The smallest absolute Gasteiger partial charge is 0.327 e. The second-order valence-corrected chi connectivity index (χ2v) is 12.3. The third-order valence-corrected chi connectivity index (χ3v) is 7.61. The van der Waals surface area contributed by atoms with Crippen LogP contribution in [0.25, 0.3) is 0 Å². The molecule has 5 N–H and O–H groups in total. The molecular weight excluding hydrogens is 628 g/mol. The van der Waals surface area contributed by atoms with E-state index in [4.69, 9.17) is 22.1 Å². The van der Waals surface area contributed by atoms with Crippen LogP contribution in [0.4, 0.5) is 5.69 Å². The third-order valence-electron chi connectivity index (χ3n) is 7.28. The lowest BCUT2D eigenvalue weighted by Crippen LogP contribution is -2.59. The molecule has 1 fully saturated rings. The first kappa shape index (κ1) is 36.6. The zero-order chi connectivity index (χ0) is 34.7. The first-order chi connectivity index (χ1) is 22.2. The van der Waals surface area contributed by atoms with Crippen molar-refractivity contribution in [2.24, 2.45) is 5.41 Å². The number of nitrogens with two attached hydrogens (primary N) is 1. The van der Waals surface area contributed by atoms with Gasteiger partial charge in [-0.1, -0.05) is 62.7 Å². The molecule has 47 heavy (non-hydrogen) atoms. The van der Waals surface area contributed by atoms with E-state index >= 15 is 0 Å². The number of rotatable bonds is 11. The van der Waals surface area contributed by atoms with Crippen molar-refractivity contribution in [3.63, 3.8) is 0 Å². The minimum absolute atomic E-state index is 0.0416. The zero-order valence-electron chi connectivity index (χ0n) is 26.9. The minimum Gasteiger partial charge on any atom is -0.465 e. The van der Waals surface area contributed by atoms with Crippen molar-refractivity contribution in [1.82, 2.24) is 26.0 Å². The Morgan fingerprint density at radius 2 is 1.79 bits per heavy atom. The summed E-state index contributed by atoms with van der Waals surface area (Å²) in [5.74, 6) is -3.98. The number of benzene rings is 2. The van der Waals surface area contributed by atoms with Gasteiger partial charge in [-0.3, -0.25) is 34.2 Å². The molecular formula is C33H41ClN6O7. The van der Waals surface area contributed by atoms with Crippen LogP contribution in [0.5, 0.6) is 0 Å². The topological polar surface area (TPSA) is 180 Å². The zero-order valence-corrected chi connectivity index (χ0v) is 27.6. The predicted molar refractivity (Wildman–Crippen MR) is 175 cm³/mol. The van der Waals surface area contributed by atoms with E-state index < -0.39 is 59.5 Å². The number of esters is 1. The SMILES string of the molecule is CCOC(=O)CN(NC(=O)[C@H]1CCCN1C(=O)[C@@H](NC(=O)c1ccc(N)c(Cl)c1)C(C)(C)C)C(=O)/C=C/C(=O)NCc1ccccc1. The first-order valence-corrected chi connectivity index (χ1v) is 15.5. The van der Waals surface area contributed by atoms with Gasteiger partial charge in [0.2, 0.25) is 11.8 Å². The minimum atomic E-state index is -1.03. The number of ether oxygens (including phenoxy) is 1. The maximum atomic E-state index is 13.9. The number of anilines is 1. The molecule has 0 radical (unpaired) electrons. The second kappa shape index (κ2) is 16.6. The number of nitrogen functional groups attached to an aromatic ring is 1. The Kier molecular flexibility index (Phi) is 12.9. The average molecular weight is 669 g/mol. The van der Waals surface area contributed by atoms with Crippen molar-refractivity contribution < 1.29 is 33.5 Å². The fraction of sp³-hybridized carbons (Fsp3) is 0.394. The van der Waals surface area contributed by atoms with Crippen LogP contribution in [0.1, 0.15) is 56.5 Å². The lowest BCUT2D eigenvalue weighted by molar-refractivity contribution is -0.153. The van der Waals surface area contributed by atoms with Gasteiger partial charge in [-0.15, -0.1) is 0 Å². The molecule has 252 valence electrons. The molecule has 1 aliphatic rings. The third kappa shape index (κ3) is 10.6. The van der Waals surface area contributed by atoms with E-state index in [2.05, 4.69) is 16.1 Å². The normalized spacial score (nSPS) is 15.1. The Bertz CT molecular complexity index is 1510. The number of nitrogens with zero attached hydrogens (tertiary/aromatic N) is 2. The van der Waals surface area contributed by atoms with Crippen molar-refractivity contribution in [1.29, 1.82) is 0 Å². The number of halogens is 1. The molecule has 3 rings (SSSR count). The maximum Gasteiger partial charge on any atom is 0.327 e. The van der Waals surface area contributed by atoms with E-state index in [9.17, 15) is 28.8 Å². The highest BCUT2D eigenvalue weighted by atomic mass is 35.5. The van der Waals surface area contributed by atoms with Crippen molar-refractivity contribution in [3.05, 3.63) is 76.8 Å². The number of carbonyl (C=O) groups is 6. The molecule has 2 aromatic rings. The number of carbonyl (C=O) groups excluding carboxylic acids is 6. The Balaban J connectivity index is 1.73. The number of nitrogens with one attached hydrogen (secondary N) is 3. The van der Waals surface area contributed by atoms with Gasteiger partial charge in [0.05, 0.1) is 17.3 Å². The van der Waals surface area contributed by atoms with Gasteiger partial charge in [-0.05, 0) is 48.9 Å². The van der Waals surface area contributed by atoms with Crippen LogP contribution in [0.2, 0.25) is 5.02 Å². The van der Waals surface area contributed by atoms with Gasteiger partial charge < -0.3 is 26.0 Å². The van der Waals surface area contributed by atoms with Gasteiger partial charge in [0, 0.05) is 30.8 Å². The first-order valence-electron chi connectivity index (χ1n) is 15.1. The maximum absolute atomic E-state index is 13.9. The van der Waals surface area contributed by atoms with Gasteiger partial charge in [-0.2, -0.15) is 0 Å². The summed E-state index contributed by atoms with van der Waals surface area (Å²) in [7, 11) is 0. The van der Waals surface area contributed by atoms with Gasteiger partial charge >= 0.3 is 5.97 Å². The molecule has 1 saturated heterocycles. The molecule has 14 heteroatoms. The van der Waals surface area contributed by atoms with Crippen LogP contribution < -0.4 is 21.8 Å². The molecule has 0 aliphatic carbocycles. The molecule has 0 bridgehead atoms. The fourth-order valence-corrected chi connectivity index (χ4v) is 4.98. The van der Waals surface area contributed by atoms with E-state index in [0.29, 0.717) is 12.1 Å². The molecule has 13 nitrogen and oxygen atoms in total. The molecule has 0 spiro atoms. The van der Waals surface area contributed by atoms with E-state index in [1.54, 1.807) is 27.7 Å². The summed E-state index contributed by atoms with van der Waals surface area (Å²) in [5, 5.41) is 6.34. The highest BCUT2D eigenvalue weighted by molar-refractivity contribution is 6.33. The Morgan fingerprint density at radius 3 is 2.43 bits per heavy atom. The lowest BCUT2D eigenvalue weighted by atomic mass is 9.85. The lowest BCUT2D eigenvalue weighted by Gasteiger charge is -2.35. The van der Waals surface area contributed by atoms with E-state index in [0.717, 1.165) is 22.7 Å². The molecule has 2 atom stereocenters. The summed E-state index contributed by atoms with van der Waals surface area (Å²) in [4.78, 5) is 79.6. The van der Waals surface area contributed by atoms with Crippen LogP contribution in [0, 0.1) is 5.41 Å². The van der Waals surface area contributed by atoms with Crippen molar-refractivity contribution in [2.75, 3.05) is 25.4 Å². The van der Waals surface area contributed by atoms with Gasteiger partial charge in [0.15, 0.2) is 0 Å². The molecule has 1 aliphatic heterocycles. The number of likely N-dealkylation sites (tertiary alicyclic amines) is 1. The molecule has 5 amide bonds. The average Bonchev–Trinajstić information content (AvgIpc) is 3.52. The van der Waals surface area contributed by atoms with E-state index in [-0.39, 0.29) is 36.7 Å². The number of amides is 5. The van der Waals surface area contributed by atoms with E-state index in [1.165, 1.54) is 23.1 Å². The van der Waals surface area contributed by atoms with Crippen LogP contribution in [-0.2, 0) is 35.3 Å². The summed E-state index contributed by atoms with van der Waals surface area (Å²) in [5.41, 5.74) is 8.79. The van der Waals surface area contributed by atoms with Crippen LogP contribution in [0.3, 0.4) is 0 Å². The largest absolute Gasteiger partial charge is 0.465 e. The molecule has 0 unspecified atom stereocenters. The number of hydrogen-bond donors (Lipinski definition) is 4. The monoisotopic (exact) mass is 668 g/mol. The predicted octanol–water partition coefficient (Wildman–Crippen LogP) is 2.35. The molecule has 0 saturated carbocycles. The van der Waals surface area contributed by atoms with Crippen LogP contribution in [0.15, 0.2) is 60.7 Å². The Morgan fingerprint density at radius 1 is 1.09 bits per heavy atom. The molecule has 0 aromatic heterocycles. The van der Waals surface area contributed by atoms with Crippen molar-refractivity contribution in [3.8, 4) is 0 Å². The summed E-state index contributed by atoms with van der Waals surface area (Å²) >= 11 is 6.08. The van der Waals surface area contributed by atoms with E-state index in [1.807, 2.05) is 30.3 Å². The van der Waals surface area contributed by atoms with Crippen molar-refractivity contribution >= 4 is 52.8 Å².